The van der Waals surface area contributed by atoms with Crippen LogP contribution in [0.2, 0.25) is 0 Å². The van der Waals surface area contributed by atoms with Crippen molar-refractivity contribution in [1.82, 2.24) is 5.32 Å². The van der Waals surface area contributed by atoms with Gasteiger partial charge in [0, 0.05) is 11.6 Å². The van der Waals surface area contributed by atoms with Crippen LogP contribution in [0.5, 0.6) is 11.5 Å². The summed E-state index contributed by atoms with van der Waals surface area (Å²) in [5.74, 6) is 1.64. The Labute approximate surface area is 159 Å². The smallest absolute Gasteiger partial charge is 0.275 e. The third-order valence-corrected chi connectivity index (χ3v) is 4.40. The van der Waals surface area contributed by atoms with E-state index in [1.807, 2.05) is 24.3 Å². The van der Waals surface area contributed by atoms with Gasteiger partial charge in [0.1, 0.15) is 23.0 Å². The van der Waals surface area contributed by atoms with E-state index in [0.717, 1.165) is 11.1 Å². The molecular formula is C22H24N2O3. The van der Waals surface area contributed by atoms with Gasteiger partial charge in [-0.3, -0.25) is 4.79 Å². The fourth-order valence-electron chi connectivity index (χ4n) is 2.80. The zero-order chi connectivity index (χ0) is 19.6. The first-order chi connectivity index (χ1) is 12.8. The second kappa shape index (κ2) is 7.27. The third kappa shape index (κ3) is 4.19. The molecule has 0 saturated heterocycles. The number of hydrogen-bond donors (Lipinski definition) is 1. The van der Waals surface area contributed by atoms with Gasteiger partial charge < -0.3 is 14.8 Å². The highest BCUT2D eigenvalue weighted by atomic mass is 16.5. The molecule has 1 aliphatic heterocycles. The van der Waals surface area contributed by atoms with E-state index in [2.05, 4.69) is 43.2 Å². The number of ether oxygens (including phenoxy) is 2. The topological polar surface area (TPSA) is 59.9 Å². The lowest BCUT2D eigenvalue weighted by Crippen LogP contribution is -2.24. The average molecular weight is 364 g/mol. The first kappa shape index (κ1) is 18.7. The van der Waals surface area contributed by atoms with Gasteiger partial charge in [0.15, 0.2) is 0 Å². The van der Waals surface area contributed by atoms with Crippen LogP contribution in [-0.2, 0) is 10.2 Å². The Balaban J connectivity index is 1.91. The maximum Gasteiger partial charge on any atom is 0.275 e. The lowest BCUT2D eigenvalue weighted by molar-refractivity contribution is -0.115. The lowest BCUT2D eigenvalue weighted by atomic mass is 9.86. The number of carbonyl (C=O) groups is 1. The summed E-state index contributed by atoms with van der Waals surface area (Å²) < 4.78 is 10.5. The van der Waals surface area contributed by atoms with Crippen LogP contribution in [0.4, 0.5) is 0 Å². The minimum Gasteiger partial charge on any atom is -0.497 e. The van der Waals surface area contributed by atoms with Crippen molar-refractivity contribution in [2.75, 3.05) is 14.2 Å². The van der Waals surface area contributed by atoms with E-state index in [4.69, 9.17) is 9.47 Å². The fourth-order valence-corrected chi connectivity index (χ4v) is 2.80. The minimum absolute atomic E-state index is 0.0791. The van der Waals surface area contributed by atoms with Gasteiger partial charge in [-0.2, -0.15) is 0 Å². The van der Waals surface area contributed by atoms with Crippen LogP contribution >= 0.6 is 0 Å². The largest absolute Gasteiger partial charge is 0.497 e. The third-order valence-electron chi connectivity index (χ3n) is 4.40. The molecule has 5 nitrogen and oxygen atoms in total. The first-order valence-electron chi connectivity index (χ1n) is 8.76. The SMILES string of the molecule is COc1cc(/C=C2/N=C(c3ccc(C(C)(C)C)cc3)NC2=O)cc(OC)c1. The molecule has 0 spiro atoms. The van der Waals surface area contributed by atoms with Crippen LogP contribution < -0.4 is 14.8 Å². The Hall–Kier alpha value is -3.08. The highest BCUT2D eigenvalue weighted by Gasteiger charge is 2.22. The molecule has 2 aromatic carbocycles. The number of benzene rings is 2. The van der Waals surface area contributed by atoms with Crippen molar-refractivity contribution in [3.63, 3.8) is 0 Å². The number of amidine groups is 1. The van der Waals surface area contributed by atoms with E-state index in [-0.39, 0.29) is 11.3 Å². The molecule has 0 aliphatic carbocycles. The molecule has 1 aliphatic rings. The molecule has 0 saturated carbocycles. The Morgan fingerprint density at radius 3 is 2.07 bits per heavy atom. The summed E-state index contributed by atoms with van der Waals surface area (Å²) in [6.07, 6.45) is 1.72. The Bertz CT molecular complexity index is 897. The van der Waals surface area contributed by atoms with Crippen molar-refractivity contribution in [1.29, 1.82) is 0 Å². The lowest BCUT2D eigenvalue weighted by Gasteiger charge is -2.19. The van der Waals surface area contributed by atoms with Gasteiger partial charge in [0.25, 0.3) is 5.91 Å². The van der Waals surface area contributed by atoms with Gasteiger partial charge in [-0.1, -0.05) is 45.0 Å². The normalized spacial score (nSPS) is 15.5. The number of rotatable bonds is 4. The van der Waals surface area contributed by atoms with Gasteiger partial charge in [0.2, 0.25) is 0 Å². The quantitative estimate of drug-likeness (QED) is 0.837. The molecule has 5 heteroatoms. The van der Waals surface area contributed by atoms with Crippen LogP contribution in [-0.4, -0.2) is 26.0 Å². The number of nitrogens with one attached hydrogen (secondary N) is 1. The van der Waals surface area contributed by atoms with Crippen molar-refractivity contribution in [3.8, 4) is 11.5 Å². The molecule has 0 bridgehead atoms. The van der Waals surface area contributed by atoms with E-state index in [1.54, 1.807) is 26.4 Å². The molecule has 3 rings (SSSR count). The molecule has 140 valence electrons. The molecule has 0 unspecified atom stereocenters. The van der Waals surface area contributed by atoms with Crippen molar-refractivity contribution in [2.45, 2.75) is 26.2 Å². The number of nitrogens with zero attached hydrogens (tertiary/aromatic N) is 1. The predicted molar refractivity (Wildman–Crippen MR) is 107 cm³/mol. The Morgan fingerprint density at radius 2 is 1.56 bits per heavy atom. The highest BCUT2D eigenvalue weighted by molar-refractivity contribution is 6.19. The van der Waals surface area contributed by atoms with Crippen LogP contribution in [0.1, 0.15) is 37.5 Å². The molecular weight excluding hydrogens is 340 g/mol. The van der Waals surface area contributed by atoms with Crippen molar-refractivity contribution < 1.29 is 14.3 Å². The molecule has 2 aromatic rings. The summed E-state index contributed by atoms with van der Waals surface area (Å²) >= 11 is 0. The van der Waals surface area contributed by atoms with Crippen molar-refractivity contribution >= 4 is 17.8 Å². The summed E-state index contributed by atoms with van der Waals surface area (Å²) in [4.78, 5) is 16.8. The summed E-state index contributed by atoms with van der Waals surface area (Å²) in [5, 5.41) is 2.84. The van der Waals surface area contributed by atoms with Gasteiger partial charge in [-0.05, 0) is 34.8 Å². The van der Waals surface area contributed by atoms with E-state index in [9.17, 15) is 4.79 Å². The van der Waals surface area contributed by atoms with Crippen LogP contribution in [0, 0.1) is 0 Å². The zero-order valence-electron chi connectivity index (χ0n) is 16.3. The second-order valence-electron chi connectivity index (χ2n) is 7.42. The summed E-state index contributed by atoms with van der Waals surface area (Å²) in [7, 11) is 3.18. The standard InChI is InChI=1S/C22H24N2O3/c1-22(2,3)16-8-6-15(7-9-16)20-23-19(21(25)24-20)12-14-10-17(26-4)13-18(11-14)27-5/h6-13H,1-5H3,(H,23,24,25)/b19-12+. The summed E-state index contributed by atoms with van der Waals surface area (Å²) in [5.41, 5.74) is 3.32. The molecule has 1 N–H and O–H groups in total. The van der Waals surface area contributed by atoms with Gasteiger partial charge in [-0.25, -0.2) is 4.99 Å². The van der Waals surface area contributed by atoms with E-state index in [0.29, 0.717) is 23.0 Å². The first-order valence-corrected chi connectivity index (χ1v) is 8.76. The number of methoxy groups -OCH3 is 2. The van der Waals surface area contributed by atoms with Gasteiger partial charge in [0.05, 0.1) is 14.2 Å². The number of carbonyl (C=O) groups excluding carboxylic acids is 1. The molecule has 27 heavy (non-hydrogen) atoms. The molecule has 1 amide bonds. The Morgan fingerprint density at radius 1 is 0.963 bits per heavy atom. The molecule has 0 fully saturated rings. The summed E-state index contributed by atoms with van der Waals surface area (Å²) in [6, 6.07) is 13.5. The Kier molecular flexibility index (Phi) is 5.04. The highest BCUT2D eigenvalue weighted by Crippen LogP contribution is 2.26. The average Bonchev–Trinajstić information content (AvgIpc) is 3.01. The zero-order valence-corrected chi connectivity index (χ0v) is 16.3. The maximum absolute atomic E-state index is 12.3. The molecule has 0 radical (unpaired) electrons. The second-order valence-corrected chi connectivity index (χ2v) is 7.42. The number of amides is 1. The van der Waals surface area contributed by atoms with Crippen molar-refractivity contribution in [3.05, 3.63) is 64.9 Å². The predicted octanol–water partition coefficient (Wildman–Crippen LogP) is 3.92. The van der Waals surface area contributed by atoms with E-state index < -0.39 is 0 Å². The van der Waals surface area contributed by atoms with Gasteiger partial charge in [-0.15, -0.1) is 0 Å². The van der Waals surface area contributed by atoms with Gasteiger partial charge >= 0.3 is 0 Å². The number of aliphatic imine (C=N–C) groups is 1. The number of hydrogen-bond acceptors (Lipinski definition) is 4. The van der Waals surface area contributed by atoms with Crippen LogP contribution in [0.3, 0.4) is 0 Å². The molecule has 0 atom stereocenters. The van der Waals surface area contributed by atoms with Crippen molar-refractivity contribution in [2.24, 2.45) is 4.99 Å². The van der Waals surface area contributed by atoms with Crippen LogP contribution in [0.15, 0.2) is 53.2 Å². The monoisotopic (exact) mass is 364 g/mol. The maximum atomic E-state index is 12.3. The van der Waals surface area contributed by atoms with Crippen LogP contribution in [0.25, 0.3) is 6.08 Å². The molecule has 0 aromatic heterocycles. The van der Waals surface area contributed by atoms with E-state index >= 15 is 0 Å². The minimum atomic E-state index is -0.230. The van der Waals surface area contributed by atoms with E-state index in [1.165, 1.54) is 5.56 Å². The summed E-state index contributed by atoms with van der Waals surface area (Å²) in [6.45, 7) is 6.50. The molecule has 1 heterocycles. The fraction of sp³-hybridized carbons (Fsp3) is 0.273.